The first kappa shape index (κ1) is 22.2. The summed E-state index contributed by atoms with van der Waals surface area (Å²) >= 11 is 2.86. The Morgan fingerprint density at radius 3 is 2.50 bits per heavy atom. The van der Waals surface area contributed by atoms with Crippen molar-refractivity contribution in [2.24, 2.45) is 5.41 Å². The van der Waals surface area contributed by atoms with E-state index in [2.05, 4.69) is 5.32 Å². The van der Waals surface area contributed by atoms with Crippen molar-refractivity contribution in [3.63, 3.8) is 0 Å². The Balaban J connectivity index is 1.93. The van der Waals surface area contributed by atoms with Crippen LogP contribution < -0.4 is 5.32 Å². The second-order valence-electron chi connectivity index (χ2n) is 7.34. The lowest BCUT2D eigenvalue weighted by molar-refractivity contribution is -0.129. The monoisotopic (exact) mass is 419 g/mol. The van der Waals surface area contributed by atoms with Crippen molar-refractivity contribution in [2.75, 3.05) is 12.4 Å². The van der Waals surface area contributed by atoms with Crippen LogP contribution in [0.2, 0.25) is 0 Å². The molecule has 0 aliphatic carbocycles. The number of esters is 1. The Morgan fingerprint density at radius 2 is 1.86 bits per heavy atom. The molecule has 1 amide bonds. The predicted octanol–water partition coefficient (Wildman–Crippen LogP) is 4.49. The lowest BCUT2D eigenvalue weighted by Gasteiger charge is -2.16. The number of rotatable bonds is 8. The van der Waals surface area contributed by atoms with E-state index >= 15 is 0 Å². The summed E-state index contributed by atoms with van der Waals surface area (Å²) in [7, 11) is 0. The van der Waals surface area contributed by atoms with E-state index in [-0.39, 0.29) is 30.1 Å². The number of thiophene rings is 1. The molecule has 1 aromatic heterocycles. The number of amides is 1. The molecule has 1 N–H and O–H groups in total. The highest BCUT2D eigenvalue weighted by Gasteiger charge is 2.23. The van der Waals surface area contributed by atoms with Gasteiger partial charge in [0.25, 0.3) is 0 Å². The Morgan fingerprint density at radius 1 is 1.14 bits per heavy atom. The average molecular weight is 420 g/mol. The molecule has 0 saturated heterocycles. The summed E-state index contributed by atoms with van der Waals surface area (Å²) in [6, 6.07) is 10.8. The molecule has 150 valence electrons. The van der Waals surface area contributed by atoms with Gasteiger partial charge in [-0.05, 0) is 30.5 Å². The highest BCUT2D eigenvalue weighted by atomic mass is 32.2. The molecule has 1 atom stereocenters. The molecule has 28 heavy (non-hydrogen) atoms. The normalized spacial score (nSPS) is 12.3. The van der Waals surface area contributed by atoms with Crippen LogP contribution in [0.1, 0.15) is 49.0 Å². The zero-order valence-electron chi connectivity index (χ0n) is 16.5. The van der Waals surface area contributed by atoms with Gasteiger partial charge in [-0.25, -0.2) is 4.79 Å². The minimum Gasteiger partial charge on any atom is -0.454 e. The summed E-state index contributed by atoms with van der Waals surface area (Å²) in [5, 5.41) is 4.92. The third-order valence-electron chi connectivity index (χ3n) is 3.98. The second-order valence-corrected chi connectivity index (χ2v) is 9.34. The Hall–Kier alpha value is -2.12. The van der Waals surface area contributed by atoms with Crippen molar-refractivity contribution in [2.45, 2.75) is 38.6 Å². The first-order chi connectivity index (χ1) is 13.2. The van der Waals surface area contributed by atoms with E-state index in [0.29, 0.717) is 10.5 Å². The molecule has 0 saturated carbocycles. The molecule has 2 rings (SSSR count). The molecule has 5 nitrogen and oxygen atoms in total. The standard InChI is InChI=1S/C21H25NO4S2/c1-14(16-10-7-11-27-16)22-19(24)13-28-17-9-6-5-8-15(17)20(25)26-12-18(23)21(2,3)4/h5-11,14H,12-13H2,1-4H3,(H,22,24)/t14-/m0/s1. The molecule has 1 heterocycles. The first-order valence-corrected chi connectivity index (χ1v) is 10.8. The number of carbonyl (C=O) groups excluding carboxylic acids is 3. The third kappa shape index (κ3) is 6.49. The van der Waals surface area contributed by atoms with Crippen LogP contribution >= 0.6 is 23.1 Å². The number of hydrogen-bond acceptors (Lipinski definition) is 6. The Kier molecular flexibility index (Phi) is 7.83. The smallest absolute Gasteiger partial charge is 0.339 e. The van der Waals surface area contributed by atoms with Crippen molar-refractivity contribution in [3.05, 3.63) is 52.2 Å². The number of carbonyl (C=O) groups is 3. The van der Waals surface area contributed by atoms with Gasteiger partial charge in [0, 0.05) is 15.2 Å². The molecule has 0 unspecified atom stereocenters. The van der Waals surface area contributed by atoms with E-state index < -0.39 is 11.4 Å². The molecular formula is C21H25NO4S2. The molecular weight excluding hydrogens is 394 g/mol. The van der Waals surface area contributed by atoms with Gasteiger partial charge in [-0.1, -0.05) is 39.0 Å². The summed E-state index contributed by atoms with van der Waals surface area (Å²) in [4.78, 5) is 38.3. The minimum atomic E-state index is -0.564. The van der Waals surface area contributed by atoms with Crippen molar-refractivity contribution in [1.29, 1.82) is 0 Å². The fourth-order valence-corrected chi connectivity index (χ4v) is 3.81. The van der Waals surface area contributed by atoms with Crippen LogP contribution in [0, 0.1) is 5.41 Å². The van der Waals surface area contributed by atoms with Crippen LogP contribution in [0.5, 0.6) is 0 Å². The maximum atomic E-state index is 12.4. The SMILES string of the molecule is C[C@H](NC(=O)CSc1ccccc1C(=O)OCC(=O)C(C)(C)C)c1cccs1. The molecule has 0 bridgehead atoms. The van der Waals surface area contributed by atoms with Gasteiger partial charge in [0.1, 0.15) is 0 Å². The molecule has 2 aromatic rings. The van der Waals surface area contributed by atoms with Crippen LogP contribution in [0.3, 0.4) is 0 Å². The fourth-order valence-electron chi connectivity index (χ4n) is 2.22. The summed E-state index contributed by atoms with van der Waals surface area (Å²) in [5.41, 5.74) is -0.209. The molecule has 1 aromatic carbocycles. The van der Waals surface area contributed by atoms with Crippen LogP contribution in [0.15, 0.2) is 46.7 Å². The van der Waals surface area contributed by atoms with Crippen LogP contribution in [0.4, 0.5) is 0 Å². The van der Waals surface area contributed by atoms with Gasteiger partial charge in [-0.2, -0.15) is 0 Å². The zero-order chi connectivity index (χ0) is 20.7. The van der Waals surface area contributed by atoms with Crippen molar-refractivity contribution in [1.82, 2.24) is 5.32 Å². The van der Waals surface area contributed by atoms with Gasteiger partial charge in [0.2, 0.25) is 5.91 Å². The maximum Gasteiger partial charge on any atom is 0.339 e. The van der Waals surface area contributed by atoms with Crippen molar-refractivity contribution < 1.29 is 19.1 Å². The first-order valence-electron chi connectivity index (χ1n) is 8.93. The highest BCUT2D eigenvalue weighted by molar-refractivity contribution is 8.00. The number of ketones is 1. The second kappa shape index (κ2) is 9.89. The lowest BCUT2D eigenvalue weighted by atomic mass is 9.91. The van der Waals surface area contributed by atoms with E-state index in [4.69, 9.17) is 4.74 Å². The third-order valence-corrected chi connectivity index (χ3v) is 6.11. The molecule has 0 spiro atoms. The van der Waals surface area contributed by atoms with Crippen LogP contribution in [-0.4, -0.2) is 30.0 Å². The summed E-state index contributed by atoms with van der Waals surface area (Å²) in [6.45, 7) is 7.01. The van der Waals surface area contributed by atoms with E-state index in [0.717, 1.165) is 4.88 Å². The average Bonchev–Trinajstić information content (AvgIpc) is 3.18. The van der Waals surface area contributed by atoms with Gasteiger partial charge < -0.3 is 10.1 Å². The van der Waals surface area contributed by atoms with Crippen molar-refractivity contribution in [3.8, 4) is 0 Å². The van der Waals surface area contributed by atoms with E-state index in [1.54, 1.807) is 56.4 Å². The molecule has 0 aliphatic heterocycles. The van der Waals surface area contributed by atoms with E-state index in [1.807, 2.05) is 24.4 Å². The summed E-state index contributed by atoms with van der Waals surface area (Å²) in [6.07, 6.45) is 0. The zero-order valence-corrected chi connectivity index (χ0v) is 18.1. The van der Waals surface area contributed by atoms with Gasteiger partial charge in [0.15, 0.2) is 12.4 Å². The van der Waals surface area contributed by atoms with Gasteiger partial charge in [0.05, 0.1) is 17.4 Å². The lowest BCUT2D eigenvalue weighted by Crippen LogP contribution is -2.28. The number of nitrogens with one attached hydrogen (secondary N) is 1. The molecule has 0 radical (unpaired) electrons. The fraction of sp³-hybridized carbons (Fsp3) is 0.381. The topological polar surface area (TPSA) is 72.5 Å². The predicted molar refractivity (Wildman–Crippen MR) is 113 cm³/mol. The number of benzene rings is 1. The van der Waals surface area contributed by atoms with Crippen molar-refractivity contribution >= 4 is 40.8 Å². The number of thioether (sulfide) groups is 1. The number of Topliss-reactive ketones (excluding diaryl/α,β-unsaturated/α-hetero) is 1. The maximum absolute atomic E-state index is 12.4. The Labute approximate surface area is 173 Å². The van der Waals surface area contributed by atoms with Gasteiger partial charge >= 0.3 is 5.97 Å². The quantitative estimate of drug-likeness (QED) is 0.504. The van der Waals surface area contributed by atoms with E-state index in [9.17, 15) is 14.4 Å². The van der Waals surface area contributed by atoms with Gasteiger partial charge in [-0.15, -0.1) is 23.1 Å². The molecule has 0 aliphatic rings. The molecule has 7 heteroatoms. The highest BCUT2D eigenvalue weighted by Crippen LogP contribution is 2.24. The Bertz CT molecular complexity index is 825. The largest absolute Gasteiger partial charge is 0.454 e. The minimum absolute atomic E-state index is 0.0586. The van der Waals surface area contributed by atoms with Crippen LogP contribution in [-0.2, 0) is 14.3 Å². The van der Waals surface area contributed by atoms with Crippen LogP contribution in [0.25, 0.3) is 0 Å². The summed E-state index contributed by atoms with van der Waals surface area (Å²) < 4.78 is 5.18. The number of ether oxygens (including phenoxy) is 1. The molecule has 0 fully saturated rings. The summed E-state index contributed by atoms with van der Waals surface area (Å²) in [5.74, 6) is -0.640. The van der Waals surface area contributed by atoms with Gasteiger partial charge in [-0.3, -0.25) is 9.59 Å². The number of hydrogen-bond donors (Lipinski definition) is 1. The van der Waals surface area contributed by atoms with E-state index in [1.165, 1.54) is 11.8 Å².